The third-order valence-corrected chi connectivity index (χ3v) is 44.0. The first kappa shape index (κ1) is 64.4. The van der Waals surface area contributed by atoms with E-state index in [9.17, 15) is 0 Å². The highest BCUT2D eigenvalue weighted by atomic mass is 28.5. The van der Waals surface area contributed by atoms with Gasteiger partial charge in [0.2, 0.25) is 0 Å². The number of hydrogen-bond donors (Lipinski definition) is 0. The van der Waals surface area contributed by atoms with Gasteiger partial charge in [0.05, 0.1) is 0 Å². The molecule has 0 aliphatic rings. The predicted octanol–water partition coefficient (Wildman–Crippen LogP) is 9.87. The maximum atomic E-state index is 7.14. The molecule has 0 spiro atoms. The van der Waals surface area contributed by atoms with Gasteiger partial charge in [-0.1, -0.05) is 122 Å². The van der Waals surface area contributed by atoms with Crippen LogP contribution in [0.4, 0.5) is 0 Å². The van der Waals surface area contributed by atoms with Gasteiger partial charge >= 0.3 is 26.4 Å². The SMILES string of the molecule is C=CCC=C.C[SiH](C)O[Si](O[SiH](C)C)(O[SiH](C)C)c1ccccc1.C[SiH](C)O[Si](O[SiH](C)C)(O[Si](C)(C)CCCCC[Si](C)(C)O[Si](O[SiH](C)C)(O[SiH](C)C)c1ccccc1)c1ccccc1. The van der Waals surface area contributed by atoms with Crippen LogP contribution in [0.1, 0.15) is 25.7 Å². The quantitative estimate of drug-likeness (QED) is 0.0384. The summed E-state index contributed by atoms with van der Waals surface area (Å²) >= 11 is 0. The van der Waals surface area contributed by atoms with Crippen molar-refractivity contribution in [2.75, 3.05) is 0 Å². The first-order valence-electron chi connectivity index (χ1n) is 24.8. The lowest BCUT2D eigenvalue weighted by Gasteiger charge is -2.40. The molecule has 0 heterocycles. The van der Waals surface area contributed by atoms with Crippen LogP contribution in [0.15, 0.2) is 116 Å². The molecule has 0 aliphatic heterocycles. The Kier molecular flexibility index (Phi) is 31.2. The van der Waals surface area contributed by atoms with Crippen molar-refractivity contribution in [1.29, 1.82) is 0 Å². The molecule has 9 nitrogen and oxygen atoms in total. The summed E-state index contributed by atoms with van der Waals surface area (Å²) in [5.74, 6) is 0. The number of hydrogen-bond acceptors (Lipinski definition) is 9. The minimum Gasteiger partial charge on any atom is -0.416 e. The number of unbranched alkanes of at least 4 members (excludes halogenated alkanes) is 2. The molecular formula is C46H94O9Si12. The highest BCUT2D eigenvalue weighted by Gasteiger charge is 2.50. The third kappa shape index (κ3) is 26.1. The predicted molar refractivity (Wildman–Crippen MR) is 321 cm³/mol. The Balaban J connectivity index is 0.000000768. The summed E-state index contributed by atoms with van der Waals surface area (Å²) in [5, 5.41) is 3.36. The summed E-state index contributed by atoms with van der Waals surface area (Å²) in [7, 11) is -22.0. The highest BCUT2D eigenvalue weighted by molar-refractivity contribution is 6.93. The van der Waals surface area contributed by atoms with Crippen LogP contribution >= 0.6 is 0 Å². The van der Waals surface area contributed by atoms with Gasteiger partial charge in [-0.15, -0.1) is 13.2 Å². The molecule has 3 aromatic carbocycles. The van der Waals surface area contributed by atoms with Gasteiger partial charge in [-0.3, -0.25) is 0 Å². The lowest BCUT2D eigenvalue weighted by molar-refractivity contribution is 0.281. The minimum atomic E-state index is -2.96. The van der Waals surface area contributed by atoms with Crippen LogP contribution in [0.25, 0.3) is 0 Å². The molecule has 0 saturated carbocycles. The molecule has 0 radical (unpaired) electrons. The summed E-state index contributed by atoms with van der Waals surface area (Å²) in [6.45, 7) is 47.2. The van der Waals surface area contributed by atoms with E-state index in [1.54, 1.807) is 0 Å². The van der Waals surface area contributed by atoms with E-state index >= 15 is 0 Å². The van der Waals surface area contributed by atoms with E-state index in [4.69, 9.17) is 37.0 Å². The second-order valence-electron chi connectivity index (χ2n) is 20.0. The van der Waals surface area contributed by atoms with E-state index in [1.807, 2.05) is 30.4 Å². The van der Waals surface area contributed by atoms with Gasteiger partial charge in [0.25, 0.3) is 0 Å². The second-order valence-corrected chi connectivity index (χ2v) is 56.1. The first-order chi connectivity index (χ1) is 31.3. The van der Waals surface area contributed by atoms with E-state index in [2.05, 4.69) is 204 Å². The normalized spacial score (nSPS) is 12.8. The van der Waals surface area contributed by atoms with Crippen LogP contribution in [0.3, 0.4) is 0 Å². The van der Waals surface area contributed by atoms with Crippen molar-refractivity contribution in [1.82, 2.24) is 0 Å². The summed E-state index contributed by atoms with van der Waals surface area (Å²) in [5.41, 5.74) is 0. The molecule has 0 atom stereocenters. The van der Waals surface area contributed by atoms with Gasteiger partial charge in [-0.2, -0.15) is 0 Å². The topological polar surface area (TPSA) is 83.1 Å². The summed E-state index contributed by atoms with van der Waals surface area (Å²) in [4.78, 5) is 0. The molecule has 3 rings (SSSR count). The number of benzene rings is 3. The van der Waals surface area contributed by atoms with Crippen molar-refractivity contribution in [3.63, 3.8) is 0 Å². The zero-order valence-corrected chi connectivity index (χ0v) is 58.3. The van der Waals surface area contributed by atoms with E-state index in [0.717, 1.165) is 46.9 Å². The zero-order valence-electron chi connectivity index (χ0n) is 45.2. The summed E-state index contributed by atoms with van der Waals surface area (Å²) in [6.07, 6.45) is 8.00. The average molecular weight is 1130 g/mol. The smallest absolute Gasteiger partial charge is 0.416 e. The van der Waals surface area contributed by atoms with Crippen molar-refractivity contribution in [2.45, 2.75) is 156 Å². The van der Waals surface area contributed by atoms with E-state index in [-0.39, 0.29) is 0 Å². The number of allylic oxidation sites excluding steroid dienone is 2. The largest absolute Gasteiger partial charge is 0.505 e. The van der Waals surface area contributed by atoms with E-state index in [0.29, 0.717) is 0 Å². The van der Waals surface area contributed by atoms with Crippen molar-refractivity contribution < 1.29 is 37.0 Å². The third-order valence-electron chi connectivity index (χ3n) is 9.33. The van der Waals surface area contributed by atoms with Crippen molar-refractivity contribution >= 4 is 122 Å². The Morgan fingerprint density at radius 3 is 0.791 bits per heavy atom. The molecule has 380 valence electrons. The van der Waals surface area contributed by atoms with Crippen LogP contribution in [-0.4, -0.2) is 106 Å². The fourth-order valence-corrected chi connectivity index (χ4v) is 46.0. The van der Waals surface area contributed by atoms with Crippen molar-refractivity contribution in [2.24, 2.45) is 0 Å². The maximum absolute atomic E-state index is 7.14. The molecule has 0 unspecified atom stereocenters. The number of rotatable bonds is 29. The van der Waals surface area contributed by atoms with Crippen LogP contribution in [-0.2, 0) is 37.0 Å². The first-order valence-corrected chi connectivity index (χ1v) is 55.7. The molecule has 0 aromatic heterocycles. The average Bonchev–Trinajstić information content (AvgIpc) is 3.20. The Hall–Kier alpha value is -0.617. The molecule has 0 fully saturated rings. The molecule has 0 N–H and O–H groups in total. The van der Waals surface area contributed by atoms with Crippen molar-refractivity contribution in [3.05, 3.63) is 116 Å². The Morgan fingerprint density at radius 2 is 0.582 bits per heavy atom. The van der Waals surface area contributed by atoms with Gasteiger partial charge in [0, 0.05) is 15.6 Å². The Labute approximate surface area is 427 Å². The Morgan fingerprint density at radius 1 is 0.358 bits per heavy atom. The van der Waals surface area contributed by atoms with Crippen molar-refractivity contribution in [3.8, 4) is 0 Å². The summed E-state index contributed by atoms with van der Waals surface area (Å²) < 4.78 is 60.4. The van der Waals surface area contributed by atoms with Gasteiger partial charge in [-0.05, 0) is 136 Å². The molecular weight excluding hydrogens is 1030 g/mol. The Bertz CT molecular complexity index is 1620. The molecule has 21 heteroatoms. The van der Waals surface area contributed by atoms with Crippen LogP contribution in [0.2, 0.25) is 130 Å². The van der Waals surface area contributed by atoms with Gasteiger partial charge in [0.1, 0.15) is 0 Å². The van der Waals surface area contributed by atoms with Crippen LogP contribution in [0, 0.1) is 0 Å². The molecule has 3 aromatic rings. The van der Waals surface area contributed by atoms with Crippen LogP contribution in [0.5, 0.6) is 0 Å². The molecule has 67 heavy (non-hydrogen) atoms. The molecule has 0 amide bonds. The lowest BCUT2D eigenvalue weighted by Crippen LogP contribution is -2.64. The monoisotopic (exact) mass is 1130 g/mol. The van der Waals surface area contributed by atoms with E-state index in [1.165, 1.54) is 6.42 Å². The van der Waals surface area contributed by atoms with E-state index < -0.39 is 106 Å². The zero-order chi connectivity index (χ0) is 50.9. The lowest BCUT2D eigenvalue weighted by atomic mass is 10.3. The fourth-order valence-electron chi connectivity index (χ4n) is 7.15. The van der Waals surface area contributed by atoms with Gasteiger partial charge in [-0.25, -0.2) is 0 Å². The fraction of sp³-hybridized carbons (Fsp3) is 0.522. The minimum absolute atomic E-state index is 0.917. The highest BCUT2D eigenvalue weighted by Crippen LogP contribution is 2.28. The molecule has 0 aliphatic carbocycles. The maximum Gasteiger partial charge on any atom is 0.505 e. The standard InChI is InChI=1S/C29H60O6Si8.C12H26O3Si4.C5H8/c1-36(2)30-42(31-37(3)4,28-22-16-13-17-23-28)34-40(9,10)26-20-15-21-27-41(11,12)35-43(32-38(5)6,33-39(7)8)29-24-18-14-19-25-29;1-16(2)13-19(14-17(3)4,15-18(5)6)12-10-8-7-9-11-12;1-3-5-4-2/h13-14,16-19,22-25,36-39H,15,20-21,26-27H2,1-12H3;7-11,16-18H,1-6H3;3-4H,1-2,5H2. The summed E-state index contributed by atoms with van der Waals surface area (Å²) in [6, 6.07) is 33.5. The second kappa shape index (κ2) is 32.5. The van der Waals surface area contributed by atoms with Crippen LogP contribution < -0.4 is 15.6 Å². The molecule has 0 saturated heterocycles. The molecule has 0 bridgehead atoms. The van der Waals surface area contributed by atoms with Gasteiger partial charge in [0.15, 0.2) is 79.9 Å². The van der Waals surface area contributed by atoms with Gasteiger partial charge < -0.3 is 37.0 Å².